The first-order chi connectivity index (χ1) is 16.4. The molecular formula is C26H36ClN3O4S. The first-order valence-corrected chi connectivity index (χ1v) is 14.0. The van der Waals surface area contributed by atoms with E-state index in [0.717, 1.165) is 17.4 Å². The predicted molar refractivity (Wildman–Crippen MR) is 142 cm³/mol. The van der Waals surface area contributed by atoms with E-state index >= 15 is 0 Å². The Bertz CT molecular complexity index is 1120. The number of rotatable bonds is 12. The minimum Gasteiger partial charge on any atom is -0.352 e. The predicted octanol–water partition coefficient (Wildman–Crippen LogP) is 4.53. The van der Waals surface area contributed by atoms with Gasteiger partial charge in [0.05, 0.1) is 11.9 Å². The van der Waals surface area contributed by atoms with Crippen molar-refractivity contribution in [2.75, 3.05) is 17.1 Å². The molecule has 7 nitrogen and oxygen atoms in total. The molecule has 0 saturated heterocycles. The van der Waals surface area contributed by atoms with Crippen LogP contribution in [0.1, 0.15) is 51.2 Å². The maximum atomic E-state index is 13.4. The summed E-state index contributed by atoms with van der Waals surface area (Å²) >= 11 is 6.05. The standard InChI is InChI=1S/C26H36ClN3O4S/c1-6-24(26(32)28-19(2)3)29(18-21-12-8-7-11-20(21)4)25(31)15-10-16-30(35(5,33)34)23-14-9-13-22(27)17-23/h7-9,11-14,17,19,24H,6,10,15-16,18H2,1-5H3,(H,28,32)/t24-/m0/s1. The van der Waals surface area contributed by atoms with Gasteiger partial charge in [0.2, 0.25) is 21.8 Å². The number of nitrogens with zero attached hydrogens (tertiary/aromatic N) is 2. The molecule has 9 heteroatoms. The fraction of sp³-hybridized carbons (Fsp3) is 0.462. The van der Waals surface area contributed by atoms with Gasteiger partial charge in [-0.15, -0.1) is 0 Å². The van der Waals surface area contributed by atoms with Crippen molar-refractivity contribution in [3.8, 4) is 0 Å². The van der Waals surface area contributed by atoms with Crippen LogP contribution in [0.3, 0.4) is 0 Å². The highest BCUT2D eigenvalue weighted by Crippen LogP contribution is 2.23. The number of sulfonamides is 1. The van der Waals surface area contributed by atoms with E-state index in [2.05, 4.69) is 5.32 Å². The number of anilines is 1. The van der Waals surface area contributed by atoms with Crippen molar-refractivity contribution in [3.63, 3.8) is 0 Å². The number of carbonyl (C=O) groups is 2. The molecule has 0 heterocycles. The first-order valence-electron chi connectivity index (χ1n) is 11.8. The Hall–Kier alpha value is -2.58. The molecule has 0 aliphatic heterocycles. The molecule has 0 fully saturated rings. The zero-order chi connectivity index (χ0) is 26.2. The Morgan fingerprint density at radius 3 is 2.34 bits per heavy atom. The average molecular weight is 522 g/mol. The Labute approximate surface area is 214 Å². The Balaban J connectivity index is 2.23. The fourth-order valence-electron chi connectivity index (χ4n) is 3.91. The summed E-state index contributed by atoms with van der Waals surface area (Å²) in [5.41, 5.74) is 2.45. The largest absolute Gasteiger partial charge is 0.352 e. The fourth-order valence-corrected chi connectivity index (χ4v) is 5.05. The highest BCUT2D eigenvalue weighted by molar-refractivity contribution is 7.92. The number of halogens is 1. The average Bonchev–Trinajstić information content (AvgIpc) is 2.76. The topological polar surface area (TPSA) is 86.8 Å². The zero-order valence-electron chi connectivity index (χ0n) is 21.1. The lowest BCUT2D eigenvalue weighted by molar-refractivity contribution is -0.141. The van der Waals surface area contributed by atoms with Crippen LogP contribution < -0.4 is 9.62 Å². The molecule has 0 spiro atoms. The Morgan fingerprint density at radius 2 is 1.77 bits per heavy atom. The molecule has 1 N–H and O–H groups in total. The van der Waals surface area contributed by atoms with Crippen molar-refractivity contribution in [1.82, 2.24) is 10.2 Å². The lowest BCUT2D eigenvalue weighted by Gasteiger charge is -2.32. The summed E-state index contributed by atoms with van der Waals surface area (Å²) in [4.78, 5) is 28.0. The highest BCUT2D eigenvalue weighted by atomic mass is 35.5. The summed E-state index contributed by atoms with van der Waals surface area (Å²) < 4.78 is 26.1. The van der Waals surface area contributed by atoms with Crippen LogP contribution in [-0.4, -0.2) is 50.0 Å². The molecule has 0 aliphatic rings. The lowest BCUT2D eigenvalue weighted by Crippen LogP contribution is -2.50. The number of aryl methyl sites for hydroxylation is 1. The van der Waals surface area contributed by atoms with Gasteiger partial charge in [0.1, 0.15) is 6.04 Å². The van der Waals surface area contributed by atoms with E-state index in [0.29, 0.717) is 30.1 Å². The van der Waals surface area contributed by atoms with Crippen molar-refractivity contribution in [1.29, 1.82) is 0 Å². The zero-order valence-corrected chi connectivity index (χ0v) is 22.7. The van der Waals surface area contributed by atoms with Gasteiger partial charge >= 0.3 is 0 Å². The van der Waals surface area contributed by atoms with Gasteiger partial charge in [-0.2, -0.15) is 0 Å². The van der Waals surface area contributed by atoms with Crippen LogP contribution in [0.15, 0.2) is 48.5 Å². The normalized spacial score (nSPS) is 12.3. The molecule has 2 aromatic carbocycles. The van der Waals surface area contributed by atoms with E-state index in [-0.39, 0.29) is 30.8 Å². The molecule has 2 rings (SSSR count). The second kappa shape index (κ2) is 12.9. The minimum absolute atomic E-state index is 0.0482. The van der Waals surface area contributed by atoms with E-state index in [1.807, 2.05) is 52.0 Å². The maximum absolute atomic E-state index is 13.4. The second-order valence-corrected chi connectivity index (χ2v) is 11.3. The molecule has 0 unspecified atom stereocenters. The monoisotopic (exact) mass is 521 g/mol. The molecular weight excluding hydrogens is 486 g/mol. The van der Waals surface area contributed by atoms with Crippen molar-refractivity contribution in [2.24, 2.45) is 0 Å². The molecule has 0 bridgehead atoms. The number of benzene rings is 2. The van der Waals surface area contributed by atoms with Crippen LogP contribution in [0, 0.1) is 6.92 Å². The van der Waals surface area contributed by atoms with E-state index in [1.54, 1.807) is 29.2 Å². The summed E-state index contributed by atoms with van der Waals surface area (Å²) in [5.74, 6) is -0.389. The Morgan fingerprint density at radius 1 is 1.09 bits per heavy atom. The SMILES string of the molecule is CC[C@@H](C(=O)NC(C)C)N(Cc1ccccc1C)C(=O)CCCN(c1cccc(Cl)c1)S(C)(=O)=O. The van der Waals surface area contributed by atoms with Gasteiger partial charge in [0.15, 0.2) is 0 Å². The van der Waals surface area contributed by atoms with Gasteiger partial charge in [-0.25, -0.2) is 8.42 Å². The molecule has 0 aliphatic carbocycles. The molecule has 0 radical (unpaired) electrons. The molecule has 2 amide bonds. The summed E-state index contributed by atoms with van der Waals surface area (Å²) in [6.45, 7) is 8.05. The number of carbonyl (C=O) groups excluding carboxylic acids is 2. The van der Waals surface area contributed by atoms with Gasteiger partial charge in [-0.3, -0.25) is 13.9 Å². The van der Waals surface area contributed by atoms with Gasteiger partial charge < -0.3 is 10.2 Å². The van der Waals surface area contributed by atoms with Gasteiger partial charge in [-0.05, 0) is 62.9 Å². The number of hydrogen-bond donors (Lipinski definition) is 1. The van der Waals surface area contributed by atoms with Crippen LogP contribution in [0.5, 0.6) is 0 Å². The van der Waals surface area contributed by atoms with E-state index in [1.165, 1.54) is 4.31 Å². The third-order valence-electron chi connectivity index (χ3n) is 5.67. The molecule has 192 valence electrons. The number of nitrogens with one attached hydrogen (secondary N) is 1. The Kier molecular flexibility index (Phi) is 10.6. The van der Waals surface area contributed by atoms with Gasteiger partial charge in [0.25, 0.3) is 0 Å². The minimum atomic E-state index is -3.57. The van der Waals surface area contributed by atoms with E-state index in [9.17, 15) is 18.0 Å². The first kappa shape index (κ1) is 28.7. The lowest BCUT2D eigenvalue weighted by atomic mass is 10.0. The second-order valence-electron chi connectivity index (χ2n) is 8.95. The maximum Gasteiger partial charge on any atom is 0.243 e. The smallest absolute Gasteiger partial charge is 0.243 e. The van der Waals surface area contributed by atoms with Crippen molar-refractivity contribution in [3.05, 3.63) is 64.7 Å². The van der Waals surface area contributed by atoms with Crippen LogP contribution in [0.25, 0.3) is 0 Å². The van der Waals surface area contributed by atoms with Crippen LogP contribution in [0.4, 0.5) is 5.69 Å². The molecule has 1 atom stereocenters. The van der Waals surface area contributed by atoms with Crippen molar-refractivity contribution in [2.45, 2.75) is 65.6 Å². The van der Waals surface area contributed by atoms with Crippen LogP contribution >= 0.6 is 11.6 Å². The number of amides is 2. The van der Waals surface area contributed by atoms with Crippen molar-refractivity contribution >= 4 is 39.1 Å². The third kappa shape index (κ3) is 8.54. The van der Waals surface area contributed by atoms with E-state index < -0.39 is 16.1 Å². The number of hydrogen-bond acceptors (Lipinski definition) is 4. The van der Waals surface area contributed by atoms with Crippen molar-refractivity contribution < 1.29 is 18.0 Å². The van der Waals surface area contributed by atoms with E-state index in [4.69, 9.17) is 11.6 Å². The van der Waals surface area contributed by atoms with Crippen LogP contribution in [0.2, 0.25) is 5.02 Å². The summed E-state index contributed by atoms with van der Waals surface area (Å²) in [6.07, 6.45) is 1.99. The summed E-state index contributed by atoms with van der Waals surface area (Å²) in [7, 11) is -3.57. The molecule has 2 aromatic rings. The van der Waals surface area contributed by atoms with Gasteiger partial charge in [-0.1, -0.05) is 48.9 Å². The molecule has 35 heavy (non-hydrogen) atoms. The molecule has 0 saturated carbocycles. The summed E-state index contributed by atoms with van der Waals surface area (Å²) in [5, 5.41) is 3.35. The quantitative estimate of drug-likeness (QED) is 0.444. The molecule has 0 aromatic heterocycles. The van der Waals surface area contributed by atoms with Crippen LogP contribution in [-0.2, 0) is 26.2 Å². The summed E-state index contributed by atoms with van der Waals surface area (Å²) in [6, 6.07) is 13.7. The highest BCUT2D eigenvalue weighted by Gasteiger charge is 2.29. The van der Waals surface area contributed by atoms with Gasteiger partial charge in [0, 0.05) is 30.6 Å². The third-order valence-corrected chi connectivity index (χ3v) is 7.10.